The van der Waals surface area contributed by atoms with Crippen molar-refractivity contribution in [3.8, 4) is 5.75 Å². The second-order valence-electron chi connectivity index (χ2n) is 4.53. The van der Waals surface area contributed by atoms with Gasteiger partial charge in [-0.1, -0.05) is 12.1 Å². The van der Waals surface area contributed by atoms with Crippen molar-refractivity contribution in [3.05, 3.63) is 29.8 Å². The van der Waals surface area contributed by atoms with Crippen LogP contribution in [0.5, 0.6) is 5.75 Å². The lowest BCUT2D eigenvalue weighted by molar-refractivity contribution is -0.178. The lowest BCUT2D eigenvalue weighted by Gasteiger charge is -2.37. The number of aliphatic carboxylic acids is 1. The van der Waals surface area contributed by atoms with Gasteiger partial charge in [0.15, 0.2) is 0 Å². The lowest BCUT2D eigenvalue weighted by Crippen LogP contribution is -2.55. The van der Waals surface area contributed by atoms with E-state index in [2.05, 4.69) is 5.32 Å². The highest BCUT2D eigenvalue weighted by atomic mass is 16.5. The summed E-state index contributed by atoms with van der Waals surface area (Å²) in [5.41, 5.74) is 0.314. The van der Waals surface area contributed by atoms with Crippen LogP contribution in [0.4, 0.5) is 0 Å². The van der Waals surface area contributed by atoms with Crippen molar-refractivity contribution in [1.82, 2.24) is 5.32 Å². The van der Waals surface area contributed by atoms with E-state index in [9.17, 15) is 4.79 Å². The zero-order chi connectivity index (χ0) is 13.0. The number of hydrogen-bond donors (Lipinski definition) is 2. The number of carboxylic acid groups (broad SMARTS) is 1. The van der Waals surface area contributed by atoms with E-state index in [0.717, 1.165) is 11.3 Å². The van der Waals surface area contributed by atoms with E-state index in [-0.39, 0.29) is 13.2 Å². The van der Waals surface area contributed by atoms with Crippen molar-refractivity contribution in [2.45, 2.75) is 6.54 Å². The minimum atomic E-state index is -0.799. The van der Waals surface area contributed by atoms with E-state index in [1.807, 2.05) is 24.3 Å². The molecule has 0 amide bonds. The molecular weight excluding hydrogens is 234 g/mol. The summed E-state index contributed by atoms with van der Waals surface area (Å²) in [4.78, 5) is 11.1. The van der Waals surface area contributed by atoms with Crippen molar-refractivity contribution >= 4 is 5.97 Å². The highest BCUT2D eigenvalue weighted by Gasteiger charge is 2.45. The lowest BCUT2D eigenvalue weighted by atomic mass is 9.86. The van der Waals surface area contributed by atoms with Crippen LogP contribution in [-0.2, 0) is 16.1 Å². The van der Waals surface area contributed by atoms with Gasteiger partial charge in [-0.15, -0.1) is 0 Å². The molecule has 0 aromatic heterocycles. The number of carbonyl (C=O) groups is 1. The van der Waals surface area contributed by atoms with Crippen LogP contribution in [0.15, 0.2) is 24.3 Å². The molecule has 0 atom stereocenters. The molecule has 5 heteroatoms. The molecule has 98 valence electrons. The van der Waals surface area contributed by atoms with Crippen molar-refractivity contribution in [2.24, 2.45) is 5.41 Å². The summed E-state index contributed by atoms with van der Waals surface area (Å²) in [5, 5.41) is 12.3. The molecule has 1 fully saturated rings. The van der Waals surface area contributed by atoms with Crippen LogP contribution in [0.3, 0.4) is 0 Å². The molecule has 2 rings (SSSR count). The summed E-state index contributed by atoms with van der Waals surface area (Å²) >= 11 is 0. The number of rotatable bonds is 6. The smallest absolute Gasteiger partial charge is 0.315 e. The van der Waals surface area contributed by atoms with Crippen molar-refractivity contribution < 1.29 is 19.4 Å². The summed E-state index contributed by atoms with van der Waals surface area (Å²) in [7, 11) is 1.62. The zero-order valence-electron chi connectivity index (χ0n) is 10.3. The molecule has 1 saturated heterocycles. The third kappa shape index (κ3) is 2.63. The first-order valence-electron chi connectivity index (χ1n) is 5.81. The summed E-state index contributed by atoms with van der Waals surface area (Å²) in [6, 6.07) is 7.69. The van der Waals surface area contributed by atoms with Gasteiger partial charge in [-0.3, -0.25) is 4.79 Å². The zero-order valence-corrected chi connectivity index (χ0v) is 10.3. The van der Waals surface area contributed by atoms with Gasteiger partial charge in [0.2, 0.25) is 0 Å². The normalized spacial score (nSPS) is 16.9. The topological polar surface area (TPSA) is 67.8 Å². The van der Waals surface area contributed by atoms with Gasteiger partial charge in [-0.25, -0.2) is 0 Å². The fourth-order valence-corrected chi connectivity index (χ4v) is 1.88. The molecule has 2 N–H and O–H groups in total. The molecule has 5 nitrogen and oxygen atoms in total. The highest BCUT2D eigenvalue weighted by Crippen LogP contribution is 2.26. The molecule has 0 unspecified atom stereocenters. The Morgan fingerprint density at radius 2 is 2.33 bits per heavy atom. The van der Waals surface area contributed by atoms with E-state index in [1.54, 1.807) is 7.11 Å². The molecule has 0 aliphatic carbocycles. The fraction of sp³-hybridized carbons (Fsp3) is 0.462. The number of carboxylic acids is 1. The summed E-state index contributed by atoms with van der Waals surface area (Å²) in [6.45, 7) is 1.60. The summed E-state index contributed by atoms with van der Waals surface area (Å²) in [5.74, 6) is 0.00103. The van der Waals surface area contributed by atoms with Gasteiger partial charge >= 0.3 is 5.97 Å². The van der Waals surface area contributed by atoms with E-state index < -0.39 is 11.4 Å². The maximum absolute atomic E-state index is 11.1. The van der Waals surface area contributed by atoms with Crippen LogP contribution in [-0.4, -0.2) is 37.9 Å². The highest BCUT2D eigenvalue weighted by molar-refractivity contribution is 5.76. The number of ether oxygens (including phenoxy) is 2. The maximum atomic E-state index is 11.1. The average molecular weight is 251 g/mol. The Morgan fingerprint density at radius 3 is 2.89 bits per heavy atom. The Bertz CT molecular complexity index is 429. The average Bonchev–Trinajstić information content (AvgIpc) is 2.32. The quantitative estimate of drug-likeness (QED) is 0.785. The molecule has 1 aliphatic rings. The van der Waals surface area contributed by atoms with E-state index in [4.69, 9.17) is 14.6 Å². The van der Waals surface area contributed by atoms with Gasteiger partial charge in [0.1, 0.15) is 11.2 Å². The standard InChI is InChI=1S/C13H17NO4/c1-17-11-4-2-3-10(5-11)6-14-7-13(12(15)16)8-18-9-13/h2-5,14H,6-9H2,1H3,(H,15,16). The Morgan fingerprint density at radius 1 is 1.56 bits per heavy atom. The van der Waals surface area contributed by atoms with Gasteiger partial charge in [-0.05, 0) is 17.7 Å². The van der Waals surface area contributed by atoms with Crippen molar-refractivity contribution in [2.75, 3.05) is 26.9 Å². The van der Waals surface area contributed by atoms with Crippen molar-refractivity contribution in [1.29, 1.82) is 0 Å². The van der Waals surface area contributed by atoms with Gasteiger partial charge in [-0.2, -0.15) is 0 Å². The Labute approximate surface area is 106 Å². The Kier molecular flexibility index (Phi) is 3.84. The second-order valence-corrected chi connectivity index (χ2v) is 4.53. The second kappa shape index (κ2) is 5.37. The maximum Gasteiger partial charge on any atom is 0.315 e. The first-order chi connectivity index (χ1) is 8.66. The van der Waals surface area contributed by atoms with Crippen LogP contribution < -0.4 is 10.1 Å². The molecule has 1 aromatic rings. The van der Waals surface area contributed by atoms with Crippen LogP contribution in [0, 0.1) is 5.41 Å². The van der Waals surface area contributed by atoms with E-state index >= 15 is 0 Å². The molecule has 0 saturated carbocycles. The number of methoxy groups -OCH3 is 1. The van der Waals surface area contributed by atoms with Crippen molar-refractivity contribution in [3.63, 3.8) is 0 Å². The van der Waals surface area contributed by atoms with Crippen LogP contribution in [0.25, 0.3) is 0 Å². The Balaban J connectivity index is 1.86. The molecule has 0 spiro atoms. The number of nitrogens with one attached hydrogen (secondary N) is 1. The first-order valence-corrected chi connectivity index (χ1v) is 5.81. The van der Waals surface area contributed by atoms with Gasteiger partial charge in [0.05, 0.1) is 20.3 Å². The molecule has 0 bridgehead atoms. The molecule has 1 aromatic carbocycles. The predicted octanol–water partition coefficient (Wildman–Crippen LogP) is 0.886. The van der Waals surface area contributed by atoms with Crippen LogP contribution >= 0.6 is 0 Å². The molecule has 1 heterocycles. The largest absolute Gasteiger partial charge is 0.497 e. The predicted molar refractivity (Wildman–Crippen MR) is 65.6 cm³/mol. The molecule has 0 radical (unpaired) electrons. The fourth-order valence-electron chi connectivity index (χ4n) is 1.88. The summed E-state index contributed by atoms with van der Waals surface area (Å²) in [6.07, 6.45) is 0. The molecular formula is C13H17NO4. The Hall–Kier alpha value is -1.59. The van der Waals surface area contributed by atoms with Crippen LogP contribution in [0.2, 0.25) is 0 Å². The molecule has 1 aliphatic heterocycles. The minimum Gasteiger partial charge on any atom is -0.497 e. The monoisotopic (exact) mass is 251 g/mol. The minimum absolute atomic E-state index is 0.285. The van der Waals surface area contributed by atoms with E-state index in [0.29, 0.717) is 13.1 Å². The third-order valence-corrected chi connectivity index (χ3v) is 3.14. The summed E-state index contributed by atoms with van der Waals surface area (Å²) < 4.78 is 10.1. The third-order valence-electron chi connectivity index (χ3n) is 3.14. The van der Waals surface area contributed by atoms with Gasteiger partial charge in [0, 0.05) is 13.1 Å². The van der Waals surface area contributed by atoms with E-state index in [1.165, 1.54) is 0 Å². The number of hydrogen-bond acceptors (Lipinski definition) is 4. The number of benzene rings is 1. The van der Waals surface area contributed by atoms with Crippen LogP contribution in [0.1, 0.15) is 5.56 Å². The first kappa shape index (κ1) is 12.9. The SMILES string of the molecule is COc1cccc(CNCC2(C(=O)O)COC2)c1. The van der Waals surface area contributed by atoms with Gasteiger partial charge < -0.3 is 19.9 Å². The molecule has 18 heavy (non-hydrogen) atoms. The van der Waals surface area contributed by atoms with Gasteiger partial charge in [0.25, 0.3) is 0 Å².